The summed E-state index contributed by atoms with van der Waals surface area (Å²) in [4.78, 5) is 15.9. The van der Waals surface area contributed by atoms with Crippen LogP contribution in [0, 0.1) is 6.92 Å². The fraction of sp³-hybridized carbons (Fsp3) is 0.370. The molecule has 186 valence electrons. The average molecular weight is 502 g/mol. The molecule has 1 atom stereocenters. The van der Waals surface area contributed by atoms with Crippen LogP contribution in [0.15, 0.2) is 58.2 Å². The number of thioether (sulfide) groups is 1. The van der Waals surface area contributed by atoms with Gasteiger partial charge < -0.3 is 9.88 Å². The third-order valence-electron chi connectivity index (χ3n) is 6.50. The molecule has 0 bridgehead atoms. The molecular weight excluding hydrogens is 471 g/mol. The number of hydrogen-bond donors (Lipinski definition) is 1. The Bertz CT molecular complexity index is 1330. The largest absolute Gasteiger partial charge is 0.401 e. The van der Waals surface area contributed by atoms with Crippen molar-refractivity contribution in [3.05, 3.63) is 75.7 Å². The number of hydrogen-bond acceptors (Lipinski definition) is 4. The highest BCUT2D eigenvalue weighted by Gasteiger charge is 2.31. The number of aryl methyl sites for hydroxylation is 1. The number of rotatable bonds is 6. The van der Waals surface area contributed by atoms with Crippen LogP contribution in [0.4, 0.5) is 18.9 Å². The topological polar surface area (TPSA) is 37.3 Å². The van der Waals surface area contributed by atoms with E-state index in [1.807, 2.05) is 49.6 Å². The van der Waals surface area contributed by atoms with Crippen LogP contribution in [-0.2, 0) is 7.05 Å². The summed E-state index contributed by atoms with van der Waals surface area (Å²) in [5.74, 6) is 0. The highest BCUT2D eigenvalue weighted by atomic mass is 32.2. The summed E-state index contributed by atoms with van der Waals surface area (Å²) in [6.07, 6.45) is 0.105. The van der Waals surface area contributed by atoms with Crippen molar-refractivity contribution in [1.82, 2.24) is 9.47 Å². The minimum Gasteiger partial charge on any atom is -0.378 e. The molecule has 0 fully saturated rings. The summed E-state index contributed by atoms with van der Waals surface area (Å²) in [6.45, 7) is 3.67. The minimum absolute atomic E-state index is 0.0618. The van der Waals surface area contributed by atoms with Crippen LogP contribution in [-0.4, -0.2) is 41.5 Å². The van der Waals surface area contributed by atoms with E-state index in [0.717, 1.165) is 38.4 Å². The summed E-state index contributed by atoms with van der Waals surface area (Å²) in [5, 5.41) is 5.12. The predicted octanol–water partition coefficient (Wildman–Crippen LogP) is 6.39. The molecule has 0 amide bonds. The molecule has 2 aromatic carbocycles. The molecule has 1 aliphatic rings. The molecule has 4 nitrogen and oxygen atoms in total. The normalized spacial score (nSPS) is 15.8. The summed E-state index contributed by atoms with van der Waals surface area (Å²) in [7, 11) is 1.73. The smallest absolute Gasteiger partial charge is 0.378 e. The third-order valence-corrected chi connectivity index (χ3v) is 7.30. The van der Waals surface area contributed by atoms with E-state index in [1.54, 1.807) is 23.4 Å². The molecule has 0 saturated carbocycles. The van der Waals surface area contributed by atoms with Gasteiger partial charge in [0.15, 0.2) is 0 Å². The number of fused-ring (bicyclic) bond motifs is 1. The molecule has 3 aromatic rings. The first-order chi connectivity index (χ1) is 16.6. The van der Waals surface area contributed by atoms with Crippen LogP contribution >= 0.6 is 11.8 Å². The van der Waals surface area contributed by atoms with E-state index in [-0.39, 0.29) is 18.1 Å². The number of para-hydroxylation sites is 1. The fourth-order valence-corrected chi connectivity index (χ4v) is 5.33. The molecule has 1 unspecified atom stereocenters. The van der Waals surface area contributed by atoms with Gasteiger partial charge >= 0.3 is 6.18 Å². The lowest BCUT2D eigenvalue weighted by atomic mass is 9.94. The van der Waals surface area contributed by atoms with Crippen molar-refractivity contribution < 1.29 is 13.2 Å². The first kappa shape index (κ1) is 25.4. The zero-order chi connectivity index (χ0) is 25.3. The molecule has 0 radical (unpaired) electrons. The van der Waals surface area contributed by atoms with E-state index >= 15 is 0 Å². The standard InChI is InChI=1S/C27H30F3N3OS/c1-17-13-20(18(2)31-23-7-5-6-8-25(23)35-4)21-15-24(32(3)26(34)22(21)14-17)19-9-11-33(12-10-19)16-27(28,29)30/h5-9,13-15,18,31H,10-12,16H2,1-4H3. The van der Waals surface area contributed by atoms with Gasteiger partial charge in [0.25, 0.3) is 5.56 Å². The Labute approximate surface area is 207 Å². The second-order valence-corrected chi connectivity index (χ2v) is 9.95. The van der Waals surface area contributed by atoms with Crippen molar-refractivity contribution in [1.29, 1.82) is 0 Å². The van der Waals surface area contributed by atoms with Gasteiger partial charge in [0.1, 0.15) is 0 Å². The second-order valence-electron chi connectivity index (χ2n) is 9.11. The number of alkyl halides is 3. The zero-order valence-corrected chi connectivity index (χ0v) is 21.2. The Morgan fingerprint density at radius 2 is 1.89 bits per heavy atom. The van der Waals surface area contributed by atoms with Crippen LogP contribution in [0.2, 0.25) is 0 Å². The lowest BCUT2D eigenvalue weighted by Gasteiger charge is -2.28. The molecule has 1 aromatic heterocycles. The summed E-state index contributed by atoms with van der Waals surface area (Å²) >= 11 is 1.67. The van der Waals surface area contributed by atoms with E-state index < -0.39 is 12.7 Å². The van der Waals surface area contributed by atoms with E-state index in [0.29, 0.717) is 18.4 Å². The maximum atomic E-state index is 13.4. The van der Waals surface area contributed by atoms with E-state index in [1.165, 1.54) is 4.90 Å². The van der Waals surface area contributed by atoms with Crippen molar-refractivity contribution in [3.63, 3.8) is 0 Å². The van der Waals surface area contributed by atoms with Gasteiger partial charge in [-0.25, -0.2) is 0 Å². The Hall–Kier alpha value is -2.71. The predicted molar refractivity (Wildman–Crippen MR) is 139 cm³/mol. The molecular formula is C27H30F3N3OS. The number of nitrogens with zero attached hydrogens (tertiary/aromatic N) is 2. The van der Waals surface area contributed by atoms with Crippen LogP contribution in [0.25, 0.3) is 16.3 Å². The first-order valence-corrected chi connectivity index (χ1v) is 12.8. The molecule has 1 aliphatic heterocycles. The van der Waals surface area contributed by atoms with Crippen LogP contribution in [0.1, 0.15) is 36.2 Å². The summed E-state index contributed by atoms with van der Waals surface area (Å²) in [6, 6.07) is 14.1. The minimum atomic E-state index is -4.22. The Morgan fingerprint density at radius 3 is 2.54 bits per heavy atom. The average Bonchev–Trinajstić information content (AvgIpc) is 2.81. The lowest BCUT2D eigenvalue weighted by Crippen LogP contribution is -2.37. The monoisotopic (exact) mass is 501 g/mol. The van der Waals surface area contributed by atoms with Crippen molar-refractivity contribution in [3.8, 4) is 0 Å². The molecule has 0 saturated heterocycles. The number of pyridine rings is 1. The maximum Gasteiger partial charge on any atom is 0.401 e. The first-order valence-electron chi connectivity index (χ1n) is 11.6. The Kier molecular flexibility index (Phi) is 7.33. The lowest BCUT2D eigenvalue weighted by molar-refractivity contribution is -0.144. The SMILES string of the molecule is CSc1ccccc1NC(C)c1cc(C)cc2c(=O)n(C)c(C3=CCN(CC(F)(F)F)CC3)cc12. The Balaban J connectivity index is 1.75. The van der Waals surface area contributed by atoms with Gasteiger partial charge in [-0.15, -0.1) is 11.8 Å². The quantitative estimate of drug-likeness (QED) is 0.397. The van der Waals surface area contributed by atoms with Crippen LogP contribution < -0.4 is 10.9 Å². The fourth-order valence-electron chi connectivity index (χ4n) is 4.77. The second kappa shape index (κ2) is 10.1. The van der Waals surface area contributed by atoms with Crippen molar-refractivity contribution >= 4 is 33.8 Å². The molecule has 4 rings (SSSR count). The number of halogens is 3. The van der Waals surface area contributed by atoms with Crippen molar-refractivity contribution in [2.24, 2.45) is 7.05 Å². The van der Waals surface area contributed by atoms with Gasteiger partial charge in [0.05, 0.1) is 6.54 Å². The van der Waals surface area contributed by atoms with Crippen molar-refractivity contribution in [2.75, 3.05) is 31.2 Å². The van der Waals surface area contributed by atoms with Gasteiger partial charge in [-0.05, 0) is 72.9 Å². The summed E-state index contributed by atoms with van der Waals surface area (Å²) < 4.78 is 40.0. The molecule has 1 N–H and O–H groups in total. The number of aromatic nitrogens is 1. The number of nitrogens with one attached hydrogen (secondary N) is 1. The summed E-state index contributed by atoms with van der Waals surface area (Å²) in [5.41, 5.74) is 4.62. The van der Waals surface area contributed by atoms with Gasteiger partial charge in [-0.2, -0.15) is 13.2 Å². The molecule has 35 heavy (non-hydrogen) atoms. The van der Waals surface area contributed by atoms with Crippen LogP contribution in [0.5, 0.6) is 0 Å². The van der Waals surface area contributed by atoms with E-state index in [2.05, 4.69) is 24.4 Å². The maximum absolute atomic E-state index is 13.4. The molecule has 8 heteroatoms. The number of anilines is 1. The van der Waals surface area contributed by atoms with E-state index in [4.69, 9.17) is 0 Å². The zero-order valence-electron chi connectivity index (χ0n) is 20.4. The number of benzene rings is 2. The van der Waals surface area contributed by atoms with E-state index in [9.17, 15) is 18.0 Å². The van der Waals surface area contributed by atoms with Gasteiger partial charge in [-0.3, -0.25) is 9.69 Å². The molecule has 0 aliphatic carbocycles. The highest BCUT2D eigenvalue weighted by Crippen LogP contribution is 2.33. The van der Waals surface area contributed by atoms with Crippen molar-refractivity contribution in [2.45, 2.75) is 37.4 Å². The Morgan fingerprint density at radius 1 is 1.14 bits per heavy atom. The van der Waals surface area contributed by atoms with Gasteiger partial charge in [0.2, 0.25) is 0 Å². The van der Waals surface area contributed by atoms with Gasteiger partial charge in [0, 0.05) is 47.8 Å². The highest BCUT2D eigenvalue weighted by molar-refractivity contribution is 7.98. The molecule has 0 spiro atoms. The molecule has 2 heterocycles. The third kappa shape index (κ3) is 5.59. The van der Waals surface area contributed by atoms with Gasteiger partial charge in [-0.1, -0.05) is 24.3 Å². The van der Waals surface area contributed by atoms with Crippen LogP contribution in [0.3, 0.4) is 0 Å².